The van der Waals surface area contributed by atoms with Crippen LogP contribution in [0.3, 0.4) is 0 Å². The predicted molar refractivity (Wildman–Crippen MR) is 107 cm³/mol. The molecule has 0 spiro atoms. The summed E-state index contributed by atoms with van der Waals surface area (Å²) in [5, 5.41) is 10.2. The number of ether oxygens (including phenoxy) is 1. The van der Waals surface area contributed by atoms with Gasteiger partial charge >= 0.3 is 5.97 Å². The van der Waals surface area contributed by atoms with Gasteiger partial charge in [-0.3, -0.25) is 4.79 Å². The van der Waals surface area contributed by atoms with Crippen molar-refractivity contribution < 1.29 is 14.6 Å². The van der Waals surface area contributed by atoms with Gasteiger partial charge in [0.05, 0.1) is 13.5 Å². The lowest BCUT2D eigenvalue weighted by Gasteiger charge is -2.12. The minimum atomic E-state index is -0.781. The molecule has 0 atom stereocenters. The third kappa shape index (κ3) is 3.73. The van der Waals surface area contributed by atoms with Gasteiger partial charge in [-0.1, -0.05) is 24.3 Å². The number of hydrogen-bond donors (Lipinski definition) is 2. The summed E-state index contributed by atoms with van der Waals surface area (Å²) in [7, 11) is 1.65. The molecular formula is C21H23NO3S. The molecule has 0 fully saturated rings. The number of hydrogen-bond acceptors (Lipinski definition) is 3. The Morgan fingerprint density at radius 3 is 2.46 bits per heavy atom. The Labute approximate surface area is 158 Å². The van der Waals surface area contributed by atoms with Gasteiger partial charge < -0.3 is 14.4 Å². The number of aliphatic carboxylic acids is 1. The fraction of sp³-hybridized carbons (Fsp3) is 0.286. The Balaban J connectivity index is 2.07. The molecule has 3 rings (SSSR count). The van der Waals surface area contributed by atoms with E-state index in [4.69, 9.17) is 9.84 Å². The molecule has 1 aromatic heterocycles. The van der Waals surface area contributed by atoms with Crippen LogP contribution in [0.2, 0.25) is 0 Å². The van der Waals surface area contributed by atoms with E-state index in [2.05, 4.69) is 48.4 Å². The molecule has 1 heterocycles. The summed E-state index contributed by atoms with van der Waals surface area (Å²) in [6.45, 7) is 2.76. The maximum absolute atomic E-state index is 11.1. The Kier molecular flexibility index (Phi) is 5.57. The van der Waals surface area contributed by atoms with Gasteiger partial charge in [0, 0.05) is 28.9 Å². The number of carbonyl (C=O) groups is 1. The van der Waals surface area contributed by atoms with Crippen molar-refractivity contribution in [3.8, 4) is 5.75 Å². The number of methoxy groups -OCH3 is 1. The van der Waals surface area contributed by atoms with Gasteiger partial charge in [-0.25, -0.2) is 0 Å². The summed E-state index contributed by atoms with van der Waals surface area (Å²) in [6, 6.07) is 14.4. The average molecular weight is 369 g/mol. The van der Waals surface area contributed by atoms with Gasteiger partial charge in [0.25, 0.3) is 0 Å². The van der Waals surface area contributed by atoms with Gasteiger partial charge in [0.2, 0.25) is 0 Å². The van der Waals surface area contributed by atoms with Crippen LogP contribution < -0.4 is 4.74 Å². The van der Waals surface area contributed by atoms with Crippen molar-refractivity contribution in [3.63, 3.8) is 0 Å². The lowest BCUT2D eigenvalue weighted by atomic mass is 10.1. The van der Waals surface area contributed by atoms with Crippen LogP contribution in [0.25, 0.3) is 10.9 Å². The first kappa shape index (κ1) is 18.4. The van der Waals surface area contributed by atoms with Crippen LogP contribution in [0.1, 0.15) is 28.8 Å². The zero-order chi connectivity index (χ0) is 18.7. The van der Waals surface area contributed by atoms with E-state index in [-0.39, 0.29) is 6.42 Å². The highest BCUT2D eigenvalue weighted by Gasteiger charge is 2.16. The molecule has 0 saturated heterocycles. The van der Waals surface area contributed by atoms with E-state index in [1.807, 2.05) is 18.2 Å². The molecule has 0 saturated carbocycles. The summed E-state index contributed by atoms with van der Waals surface area (Å²) in [4.78, 5) is 11.1. The van der Waals surface area contributed by atoms with E-state index in [9.17, 15) is 4.79 Å². The number of thiol groups is 1. The van der Waals surface area contributed by atoms with Crippen LogP contribution in [-0.4, -0.2) is 22.8 Å². The van der Waals surface area contributed by atoms with Crippen molar-refractivity contribution >= 4 is 29.5 Å². The second-order valence-electron chi connectivity index (χ2n) is 6.41. The lowest BCUT2D eigenvalue weighted by molar-refractivity contribution is -0.136. The van der Waals surface area contributed by atoms with Crippen molar-refractivity contribution in [2.75, 3.05) is 7.11 Å². The van der Waals surface area contributed by atoms with E-state index in [1.165, 1.54) is 11.1 Å². The summed E-state index contributed by atoms with van der Waals surface area (Å²) in [6.07, 6.45) is 0.625. The smallest absolute Gasteiger partial charge is 0.303 e. The molecule has 0 aliphatic rings. The average Bonchev–Trinajstić information content (AvgIpc) is 2.91. The molecule has 2 aromatic carbocycles. The Bertz CT molecular complexity index is 929. The Morgan fingerprint density at radius 1 is 1.15 bits per heavy atom. The number of benzene rings is 2. The van der Waals surface area contributed by atoms with Gasteiger partial charge in [-0.05, 0) is 48.2 Å². The topological polar surface area (TPSA) is 51.5 Å². The molecule has 0 aliphatic heterocycles. The first-order valence-electron chi connectivity index (χ1n) is 8.59. The Morgan fingerprint density at radius 2 is 1.85 bits per heavy atom. The number of rotatable bonds is 7. The number of aromatic nitrogens is 1. The summed E-state index contributed by atoms with van der Waals surface area (Å²) in [5.74, 6) is 0.743. The maximum Gasteiger partial charge on any atom is 0.303 e. The molecular weight excluding hydrogens is 346 g/mol. The minimum Gasteiger partial charge on any atom is -0.497 e. The number of fused-ring (bicyclic) bond motifs is 1. The number of nitrogens with zero attached hydrogens (tertiary/aromatic N) is 1. The van der Waals surface area contributed by atoms with Gasteiger partial charge in [0.1, 0.15) is 5.75 Å². The van der Waals surface area contributed by atoms with Crippen molar-refractivity contribution in [1.29, 1.82) is 0 Å². The highest BCUT2D eigenvalue weighted by atomic mass is 32.1. The minimum absolute atomic E-state index is 0.118. The van der Waals surface area contributed by atoms with Crippen LogP contribution in [0.4, 0.5) is 0 Å². The fourth-order valence-corrected chi connectivity index (χ4v) is 3.55. The normalized spacial score (nSPS) is 11.0. The highest BCUT2D eigenvalue weighted by Crippen LogP contribution is 2.30. The maximum atomic E-state index is 11.1. The number of carboxylic acids is 1. The zero-order valence-corrected chi connectivity index (χ0v) is 15.9. The molecule has 26 heavy (non-hydrogen) atoms. The van der Waals surface area contributed by atoms with Crippen molar-refractivity contribution in [1.82, 2.24) is 4.57 Å². The van der Waals surface area contributed by atoms with Gasteiger partial charge in [-0.2, -0.15) is 12.6 Å². The van der Waals surface area contributed by atoms with Crippen LogP contribution in [0, 0.1) is 6.92 Å². The number of carboxylic acid groups (broad SMARTS) is 1. The van der Waals surface area contributed by atoms with Gasteiger partial charge in [0.15, 0.2) is 0 Å². The van der Waals surface area contributed by atoms with Crippen LogP contribution in [0.5, 0.6) is 5.75 Å². The third-order valence-corrected chi connectivity index (χ3v) is 5.14. The van der Waals surface area contributed by atoms with Crippen molar-refractivity contribution in [2.45, 2.75) is 32.1 Å². The summed E-state index contributed by atoms with van der Waals surface area (Å²) >= 11 is 4.30. The van der Waals surface area contributed by atoms with E-state index in [0.717, 1.165) is 33.7 Å². The lowest BCUT2D eigenvalue weighted by Crippen LogP contribution is -2.08. The zero-order valence-electron chi connectivity index (χ0n) is 15.0. The van der Waals surface area contributed by atoms with E-state index in [0.29, 0.717) is 13.0 Å². The van der Waals surface area contributed by atoms with Crippen molar-refractivity contribution in [3.05, 3.63) is 64.8 Å². The monoisotopic (exact) mass is 369 g/mol. The SMILES string of the molecule is COc1ccc2c(c1)c(C)c(CCC(=O)O)n2Cc1ccc(CS)cc1. The fourth-order valence-electron chi connectivity index (χ4n) is 3.34. The summed E-state index contributed by atoms with van der Waals surface area (Å²) < 4.78 is 7.58. The molecule has 0 bridgehead atoms. The molecule has 5 heteroatoms. The van der Waals surface area contributed by atoms with E-state index in [1.54, 1.807) is 7.11 Å². The first-order chi connectivity index (χ1) is 12.5. The molecule has 1 N–H and O–H groups in total. The summed E-state index contributed by atoms with van der Waals surface area (Å²) in [5.41, 5.74) is 5.64. The van der Waals surface area contributed by atoms with Crippen LogP contribution in [0.15, 0.2) is 42.5 Å². The molecule has 4 nitrogen and oxygen atoms in total. The molecule has 0 amide bonds. The second-order valence-corrected chi connectivity index (χ2v) is 6.73. The van der Waals surface area contributed by atoms with Crippen LogP contribution >= 0.6 is 12.6 Å². The second kappa shape index (κ2) is 7.87. The predicted octanol–water partition coefficient (Wildman–Crippen LogP) is 4.45. The van der Waals surface area contributed by atoms with Crippen molar-refractivity contribution in [2.24, 2.45) is 0 Å². The molecule has 0 aliphatic carbocycles. The highest BCUT2D eigenvalue weighted by molar-refractivity contribution is 7.79. The number of aryl methyl sites for hydroxylation is 1. The quantitative estimate of drug-likeness (QED) is 0.605. The standard InChI is InChI=1S/C21H23NO3S/c1-14-18-11-17(25-2)7-8-20(18)22(19(14)9-10-21(23)24)12-15-3-5-16(13-26)6-4-15/h3-8,11,26H,9-10,12-13H2,1-2H3,(H,23,24). The van der Waals surface area contributed by atoms with E-state index >= 15 is 0 Å². The molecule has 0 unspecified atom stereocenters. The molecule has 0 radical (unpaired) electrons. The Hall–Kier alpha value is -2.40. The molecule has 3 aromatic rings. The third-order valence-electron chi connectivity index (χ3n) is 4.78. The largest absolute Gasteiger partial charge is 0.497 e. The van der Waals surface area contributed by atoms with E-state index < -0.39 is 5.97 Å². The van der Waals surface area contributed by atoms with Gasteiger partial charge in [-0.15, -0.1) is 0 Å². The molecule has 136 valence electrons. The van der Waals surface area contributed by atoms with Crippen LogP contribution in [-0.2, 0) is 23.5 Å². The first-order valence-corrected chi connectivity index (χ1v) is 9.23.